The zero-order valence-corrected chi connectivity index (χ0v) is 16.5. The number of nitrogens with two attached hydrogens (primary N) is 1. The number of allylic oxidation sites excluding steroid dienone is 1. The zero-order valence-electron chi connectivity index (χ0n) is 14.9. The number of aromatic nitrogens is 2. The molecule has 3 aromatic rings. The summed E-state index contributed by atoms with van der Waals surface area (Å²) in [5.41, 5.74) is 3.89. The predicted molar refractivity (Wildman–Crippen MR) is 102 cm³/mol. The topological polar surface area (TPSA) is 76.9 Å². The second-order valence-electron chi connectivity index (χ2n) is 6.40. The van der Waals surface area contributed by atoms with Crippen molar-refractivity contribution in [3.05, 3.63) is 87.1 Å². The van der Waals surface area contributed by atoms with Crippen LogP contribution in [0, 0.1) is 17.1 Å². The van der Waals surface area contributed by atoms with Crippen LogP contribution in [0.5, 0.6) is 5.88 Å². The fraction of sp³-hybridized carbons (Fsp3) is 0.100. The van der Waals surface area contributed by atoms with E-state index in [0.29, 0.717) is 4.47 Å². The van der Waals surface area contributed by atoms with E-state index in [0.717, 1.165) is 10.7 Å². The van der Waals surface area contributed by atoms with Crippen molar-refractivity contribution in [1.82, 2.24) is 9.78 Å². The van der Waals surface area contributed by atoms with Crippen molar-refractivity contribution in [3.8, 4) is 17.6 Å². The number of hydrogen-bond acceptors (Lipinski definition) is 4. The molecule has 1 aliphatic rings. The van der Waals surface area contributed by atoms with Gasteiger partial charge in [0.2, 0.25) is 11.8 Å². The number of nitrogens with zero attached hydrogens (tertiary/aromatic N) is 3. The van der Waals surface area contributed by atoms with Gasteiger partial charge in [0.25, 0.3) is 0 Å². The van der Waals surface area contributed by atoms with E-state index in [1.165, 1.54) is 24.3 Å². The first-order valence-corrected chi connectivity index (χ1v) is 9.29. The van der Waals surface area contributed by atoms with Gasteiger partial charge < -0.3 is 10.5 Å². The monoisotopic (exact) mass is 478 g/mol. The van der Waals surface area contributed by atoms with Gasteiger partial charge in [0.1, 0.15) is 17.5 Å². The summed E-state index contributed by atoms with van der Waals surface area (Å²) in [5.74, 6) is -2.99. The van der Waals surface area contributed by atoms with E-state index in [1.54, 1.807) is 24.3 Å². The van der Waals surface area contributed by atoms with Gasteiger partial charge >= 0.3 is 6.18 Å². The van der Waals surface area contributed by atoms with Crippen molar-refractivity contribution in [1.29, 1.82) is 5.26 Å². The zero-order chi connectivity index (χ0) is 21.6. The van der Waals surface area contributed by atoms with E-state index < -0.39 is 35.1 Å². The van der Waals surface area contributed by atoms with E-state index in [4.69, 9.17) is 10.5 Å². The largest absolute Gasteiger partial charge is 0.435 e. The van der Waals surface area contributed by atoms with Gasteiger partial charge in [0.15, 0.2) is 5.69 Å². The van der Waals surface area contributed by atoms with Crippen LogP contribution in [0.3, 0.4) is 0 Å². The molecule has 2 N–H and O–H groups in total. The molecule has 0 aliphatic carbocycles. The lowest BCUT2D eigenvalue weighted by molar-refractivity contribution is -0.142. The number of alkyl halides is 3. The normalized spacial score (nSPS) is 16.1. The van der Waals surface area contributed by atoms with Crippen LogP contribution in [0.4, 0.5) is 17.6 Å². The molecule has 2 aromatic carbocycles. The Kier molecular flexibility index (Phi) is 4.78. The Bertz CT molecular complexity index is 1210. The van der Waals surface area contributed by atoms with Gasteiger partial charge in [-0.1, -0.05) is 34.1 Å². The highest BCUT2D eigenvalue weighted by atomic mass is 79.9. The van der Waals surface area contributed by atoms with E-state index >= 15 is 0 Å². The van der Waals surface area contributed by atoms with E-state index in [-0.39, 0.29) is 22.7 Å². The highest BCUT2D eigenvalue weighted by Crippen LogP contribution is 2.49. The van der Waals surface area contributed by atoms with Gasteiger partial charge in [-0.15, -0.1) is 0 Å². The van der Waals surface area contributed by atoms with E-state index in [2.05, 4.69) is 21.0 Å². The maximum atomic E-state index is 14.7. The quantitative estimate of drug-likeness (QED) is 0.525. The molecule has 0 fully saturated rings. The fourth-order valence-electron chi connectivity index (χ4n) is 3.34. The lowest BCUT2D eigenvalue weighted by Crippen LogP contribution is -2.24. The molecule has 1 atom stereocenters. The molecule has 4 rings (SSSR count). The number of ether oxygens (including phenoxy) is 1. The third-order valence-electron chi connectivity index (χ3n) is 4.59. The van der Waals surface area contributed by atoms with Crippen LogP contribution < -0.4 is 10.5 Å². The van der Waals surface area contributed by atoms with Crippen LogP contribution in [0.1, 0.15) is 22.7 Å². The Morgan fingerprint density at radius 3 is 2.50 bits per heavy atom. The molecule has 0 spiro atoms. The molecule has 0 amide bonds. The summed E-state index contributed by atoms with van der Waals surface area (Å²) in [6.07, 6.45) is -4.89. The summed E-state index contributed by atoms with van der Waals surface area (Å²) in [6, 6.07) is 13.5. The van der Waals surface area contributed by atoms with Gasteiger partial charge in [-0.05, 0) is 30.3 Å². The molecule has 10 heteroatoms. The first-order chi connectivity index (χ1) is 14.2. The molecule has 0 bridgehead atoms. The summed E-state index contributed by atoms with van der Waals surface area (Å²) in [7, 11) is 0. The molecule has 152 valence electrons. The summed E-state index contributed by atoms with van der Waals surface area (Å²) in [5, 5.41) is 13.3. The lowest BCUT2D eigenvalue weighted by atomic mass is 9.83. The molecule has 0 radical (unpaired) electrons. The molecule has 2 heterocycles. The highest BCUT2D eigenvalue weighted by molar-refractivity contribution is 9.10. The van der Waals surface area contributed by atoms with Gasteiger partial charge in [0, 0.05) is 10.0 Å². The molecule has 30 heavy (non-hydrogen) atoms. The van der Waals surface area contributed by atoms with E-state index in [9.17, 15) is 22.8 Å². The average Bonchev–Trinajstić information content (AvgIpc) is 3.09. The first kappa shape index (κ1) is 20.0. The number of rotatable bonds is 2. The van der Waals surface area contributed by atoms with Crippen LogP contribution in [-0.4, -0.2) is 9.78 Å². The second-order valence-corrected chi connectivity index (χ2v) is 7.32. The maximum absolute atomic E-state index is 14.7. The molecule has 1 aromatic heterocycles. The average molecular weight is 479 g/mol. The first-order valence-electron chi connectivity index (χ1n) is 8.50. The predicted octanol–water partition coefficient (Wildman–Crippen LogP) is 5.01. The lowest BCUT2D eigenvalue weighted by Gasteiger charge is -2.25. The van der Waals surface area contributed by atoms with Crippen molar-refractivity contribution in [2.75, 3.05) is 0 Å². The number of hydrogen-bond donors (Lipinski definition) is 1. The van der Waals surface area contributed by atoms with Crippen molar-refractivity contribution in [2.45, 2.75) is 12.1 Å². The number of fused-ring (bicyclic) bond motifs is 1. The van der Waals surface area contributed by atoms with Crippen molar-refractivity contribution in [2.24, 2.45) is 5.73 Å². The highest BCUT2D eigenvalue weighted by Gasteiger charge is 2.47. The minimum Gasteiger partial charge on any atom is -0.422 e. The molecule has 1 aliphatic heterocycles. The molecule has 0 unspecified atom stereocenters. The van der Waals surface area contributed by atoms with Crippen LogP contribution in [0.25, 0.3) is 5.69 Å². The number of nitriles is 1. The van der Waals surface area contributed by atoms with E-state index in [1.807, 2.05) is 0 Å². The van der Waals surface area contributed by atoms with Crippen LogP contribution in [-0.2, 0) is 6.18 Å². The van der Waals surface area contributed by atoms with Crippen molar-refractivity contribution >= 4 is 15.9 Å². The van der Waals surface area contributed by atoms with Gasteiger partial charge in [-0.25, -0.2) is 4.39 Å². The summed E-state index contributed by atoms with van der Waals surface area (Å²) in [6.45, 7) is 0. The molecule has 5 nitrogen and oxygen atoms in total. The van der Waals surface area contributed by atoms with Gasteiger partial charge in [0.05, 0.1) is 17.2 Å². The Balaban J connectivity index is 2.08. The minimum atomic E-state index is -4.89. The summed E-state index contributed by atoms with van der Waals surface area (Å²) < 4.78 is 63.3. The van der Waals surface area contributed by atoms with Crippen LogP contribution in [0.15, 0.2) is 64.5 Å². The smallest absolute Gasteiger partial charge is 0.422 e. The van der Waals surface area contributed by atoms with Crippen LogP contribution >= 0.6 is 15.9 Å². The third kappa shape index (κ3) is 3.21. The molecule has 0 saturated heterocycles. The molecule has 0 saturated carbocycles. The Morgan fingerprint density at radius 2 is 1.87 bits per heavy atom. The third-order valence-corrected chi connectivity index (χ3v) is 5.08. The standard InChI is InChI=1S/C20H11BrF4N4O/c21-10-6-7-14(22)12(8-10)15-13(9-26)18(27)30-19-16(15)17(20(23,24)25)28-29(19)11-4-2-1-3-5-11/h1-8,15H,27H2/t15-/m0/s1. The molecular weight excluding hydrogens is 468 g/mol. The van der Waals surface area contributed by atoms with Crippen LogP contribution in [0.2, 0.25) is 0 Å². The Labute approximate surface area is 176 Å². The number of halogens is 5. The van der Waals surface area contributed by atoms with Gasteiger partial charge in [-0.3, -0.25) is 0 Å². The Hall–Kier alpha value is -3.32. The maximum Gasteiger partial charge on any atom is 0.435 e. The Morgan fingerprint density at radius 1 is 1.17 bits per heavy atom. The summed E-state index contributed by atoms with van der Waals surface area (Å²) >= 11 is 3.19. The number of para-hydroxylation sites is 1. The SMILES string of the molecule is N#CC1=C(N)Oc2c(c(C(F)(F)F)nn2-c2ccccc2)[C@H]1c1cc(Br)ccc1F. The van der Waals surface area contributed by atoms with Crippen molar-refractivity contribution in [3.63, 3.8) is 0 Å². The second kappa shape index (κ2) is 7.18. The molecular formula is C20H11BrF4N4O. The summed E-state index contributed by atoms with van der Waals surface area (Å²) in [4.78, 5) is 0. The van der Waals surface area contributed by atoms with Crippen molar-refractivity contribution < 1.29 is 22.3 Å². The minimum absolute atomic E-state index is 0.161. The fourth-order valence-corrected chi connectivity index (χ4v) is 3.72. The number of benzene rings is 2. The van der Waals surface area contributed by atoms with Gasteiger partial charge in [-0.2, -0.15) is 28.2 Å².